The third-order valence-electron chi connectivity index (χ3n) is 1.83. The van der Waals surface area contributed by atoms with E-state index in [-0.39, 0.29) is 19.0 Å². The van der Waals surface area contributed by atoms with Gasteiger partial charge in [-0.15, -0.1) is 0 Å². The Morgan fingerprint density at radius 3 is 2.00 bits per heavy atom. The molecule has 1 atom stereocenters. The van der Waals surface area contributed by atoms with Crippen molar-refractivity contribution in [1.29, 1.82) is 10.5 Å². The maximum Gasteiger partial charge on any atom is 0.321 e. The van der Waals surface area contributed by atoms with E-state index in [0.717, 1.165) is 0 Å². The topological polar surface area (TPSA) is 88.1 Å². The van der Waals surface area contributed by atoms with Crippen molar-refractivity contribution in [2.45, 2.75) is 19.9 Å². The molecule has 0 unspecified atom stereocenters. The molecule has 0 spiro atoms. The predicted molar refractivity (Wildman–Crippen MR) is 49.1 cm³/mol. The Hall–Kier alpha value is -1.59. The van der Waals surface area contributed by atoms with Crippen LogP contribution in [0, 0.1) is 28.6 Å². The highest BCUT2D eigenvalue weighted by molar-refractivity contribution is 5.73. The molecule has 76 valence electrons. The van der Waals surface area contributed by atoms with Gasteiger partial charge >= 0.3 is 5.97 Å². The van der Waals surface area contributed by atoms with Crippen LogP contribution in [-0.2, 0) is 4.79 Å². The van der Waals surface area contributed by atoms with Crippen molar-refractivity contribution in [2.75, 3.05) is 13.1 Å². The molecule has 0 saturated heterocycles. The molecule has 0 aromatic heterocycles. The van der Waals surface area contributed by atoms with E-state index in [9.17, 15) is 4.79 Å². The highest BCUT2D eigenvalue weighted by atomic mass is 16.4. The Morgan fingerprint density at radius 2 is 1.79 bits per heavy atom. The third-order valence-corrected chi connectivity index (χ3v) is 1.83. The van der Waals surface area contributed by atoms with Crippen LogP contribution in [0.5, 0.6) is 0 Å². The van der Waals surface area contributed by atoms with Crippen molar-refractivity contribution >= 4 is 5.97 Å². The minimum Gasteiger partial charge on any atom is -0.480 e. The van der Waals surface area contributed by atoms with Crippen molar-refractivity contribution in [2.24, 2.45) is 5.92 Å². The van der Waals surface area contributed by atoms with Gasteiger partial charge in [-0.2, -0.15) is 10.5 Å². The molecule has 0 aliphatic rings. The van der Waals surface area contributed by atoms with Crippen LogP contribution in [0.3, 0.4) is 0 Å². The normalized spacial score (nSPS) is 12.1. The van der Waals surface area contributed by atoms with Crippen molar-refractivity contribution in [3.63, 3.8) is 0 Å². The molecule has 0 heterocycles. The standard InChI is InChI=1S/C9H13N3O2/c1-7(2)8(9(13)14)12(5-3-10)6-4-11/h7-8H,5-6H2,1-2H3,(H,13,14)/t8-/m0/s1. The first-order valence-corrected chi connectivity index (χ1v) is 4.25. The zero-order valence-corrected chi connectivity index (χ0v) is 8.27. The number of carbonyl (C=O) groups is 1. The summed E-state index contributed by atoms with van der Waals surface area (Å²) in [6.07, 6.45) is 0. The molecule has 0 aromatic carbocycles. The zero-order chi connectivity index (χ0) is 11.1. The van der Waals surface area contributed by atoms with E-state index >= 15 is 0 Å². The molecule has 0 aromatic rings. The van der Waals surface area contributed by atoms with Gasteiger partial charge in [0.05, 0.1) is 25.2 Å². The molecule has 14 heavy (non-hydrogen) atoms. The highest BCUT2D eigenvalue weighted by Crippen LogP contribution is 2.10. The maximum absolute atomic E-state index is 10.9. The van der Waals surface area contributed by atoms with Crippen LogP contribution in [0.25, 0.3) is 0 Å². The fourth-order valence-corrected chi connectivity index (χ4v) is 1.30. The van der Waals surface area contributed by atoms with Crippen molar-refractivity contribution in [3.8, 4) is 12.1 Å². The van der Waals surface area contributed by atoms with Crippen LogP contribution in [0.1, 0.15) is 13.8 Å². The number of carboxylic acid groups (broad SMARTS) is 1. The average molecular weight is 195 g/mol. The molecule has 0 aliphatic carbocycles. The van der Waals surface area contributed by atoms with E-state index in [0.29, 0.717) is 0 Å². The smallest absolute Gasteiger partial charge is 0.321 e. The lowest BCUT2D eigenvalue weighted by atomic mass is 10.0. The first kappa shape index (κ1) is 12.4. The van der Waals surface area contributed by atoms with Crippen molar-refractivity contribution in [1.82, 2.24) is 4.90 Å². The van der Waals surface area contributed by atoms with Gasteiger partial charge in [-0.1, -0.05) is 13.8 Å². The molecular weight excluding hydrogens is 182 g/mol. The predicted octanol–water partition coefficient (Wildman–Crippen LogP) is 0.445. The molecule has 0 amide bonds. The van der Waals surface area contributed by atoms with Crippen molar-refractivity contribution < 1.29 is 9.90 Å². The Kier molecular flexibility index (Phi) is 5.28. The van der Waals surface area contributed by atoms with Gasteiger partial charge < -0.3 is 5.11 Å². The molecule has 0 radical (unpaired) electrons. The van der Waals surface area contributed by atoms with Crippen molar-refractivity contribution in [3.05, 3.63) is 0 Å². The molecule has 0 saturated carbocycles. The number of rotatable bonds is 5. The summed E-state index contributed by atoms with van der Waals surface area (Å²) in [6, 6.07) is 2.94. The van der Waals surface area contributed by atoms with Crippen LogP contribution < -0.4 is 0 Å². The van der Waals surface area contributed by atoms with Crippen LogP contribution >= 0.6 is 0 Å². The van der Waals surface area contributed by atoms with Crippen LogP contribution in [0.15, 0.2) is 0 Å². The van der Waals surface area contributed by atoms with Gasteiger partial charge in [0.2, 0.25) is 0 Å². The first-order valence-electron chi connectivity index (χ1n) is 4.25. The molecule has 1 N–H and O–H groups in total. The summed E-state index contributed by atoms with van der Waals surface area (Å²) in [5.41, 5.74) is 0. The summed E-state index contributed by atoms with van der Waals surface area (Å²) in [5, 5.41) is 25.9. The van der Waals surface area contributed by atoms with Crippen LogP contribution in [0.2, 0.25) is 0 Å². The van der Waals surface area contributed by atoms with Gasteiger partial charge in [0.15, 0.2) is 0 Å². The molecule has 0 bridgehead atoms. The number of nitriles is 2. The summed E-state index contributed by atoms with van der Waals surface area (Å²) < 4.78 is 0. The van der Waals surface area contributed by atoms with E-state index < -0.39 is 12.0 Å². The Balaban J connectivity index is 4.66. The van der Waals surface area contributed by atoms with E-state index in [1.54, 1.807) is 13.8 Å². The second kappa shape index (κ2) is 5.95. The highest BCUT2D eigenvalue weighted by Gasteiger charge is 2.28. The minimum atomic E-state index is -0.995. The number of nitrogens with zero attached hydrogens (tertiary/aromatic N) is 3. The molecular formula is C9H13N3O2. The maximum atomic E-state index is 10.9. The number of hydrogen-bond donors (Lipinski definition) is 1. The fourth-order valence-electron chi connectivity index (χ4n) is 1.30. The number of hydrogen-bond acceptors (Lipinski definition) is 4. The molecule has 0 aliphatic heterocycles. The quantitative estimate of drug-likeness (QED) is 0.643. The monoisotopic (exact) mass is 195 g/mol. The van der Waals surface area contributed by atoms with Gasteiger partial charge in [-0.3, -0.25) is 9.69 Å². The minimum absolute atomic E-state index is 0.0390. The summed E-state index contributed by atoms with van der Waals surface area (Å²) in [5.74, 6) is -1.13. The van der Waals surface area contributed by atoms with E-state index in [1.165, 1.54) is 4.90 Å². The summed E-state index contributed by atoms with van der Waals surface area (Å²) in [4.78, 5) is 12.2. The molecule has 5 nitrogen and oxygen atoms in total. The summed E-state index contributed by atoms with van der Waals surface area (Å²) in [6.45, 7) is 3.42. The molecule has 0 fully saturated rings. The lowest BCUT2D eigenvalue weighted by molar-refractivity contribution is -0.144. The zero-order valence-electron chi connectivity index (χ0n) is 8.27. The Labute approximate surface area is 83.2 Å². The SMILES string of the molecule is CC(C)[C@@H](C(=O)O)N(CC#N)CC#N. The molecule has 5 heteroatoms. The van der Waals surface area contributed by atoms with Gasteiger partial charge in [0, 0.05) is 0 Å². The summed E-state index contributed by atoms with van der Waals surface area (Å²) >= 11 is 0. The lowest BCUT2D eigenvalue weighted by Gasteiger charge is -2.26. The summed E-state index contributed by atoms with van der Waals surface area (Å²) in [7, 11) is 0. The first-order chi connectivity index (χ1) is 6.54. The second-order valence-corrected chi connectivity index (χ2v) is 3.25. The van der Waals surface area contributed by atoms with Gasteiger partial charge in [-0.25, -0.2) is 0 Å². The van der Waals surface area contributed by atoms with E-state index in [4.69, 9.17) is 15.6 Å². The van der Waals surface area contributed by atoms with Gasteiger partial charge in [0.1, 0.15) is 6.04 Å². The van der Waals surface area contributed by atoms with Crippen LogP contribution in [-0.4, -0.2) is 35.1 Å². The number of aliphatic carboxylic acids is 1. The van der Waals surface area contributed by atoms with E-state index in [1.807, 2.05) is 12.1 Å². The Bertz CT molecular complexity index is 259. The number of carboxylic acids is 1. The lowest BCUT2D eigenvalue weighted by Crippen LogP contribution is -2.45. The third kappa shape index (κ3) is 3.42. The van der Waals surface area contributed by atoms with Gasteiger partial charge in [0.25, 0.3) is 0 Å². The van der Waals surface area contributed by atoms with Crippen LogP contribution in [0.4, 0.5) is 0 Å². The Morgan fingerprint density at radius 1 is 1.36 bits per heavy atom. The fraction of sp³-hybridized carbons (Fsp3) is 0.667. The second-order valence-electron chi connectivity index (χ2n) is 3.25. The largest absolute Gasteiger partial charge is 0.480 e. The average Bonchev–Trinajstić information content (AvgIpc) is 2.03. The molecule has 0 rings (SSSR count). The van der Waals surface area contributed by atoms with E-state index in [2.05, 4.69) is 0 Å². The van der Waals surface area contributed by atoms with Gasteiger partial charge in [-0.05, 0) is 5.92 Å².